The van der Waals surface area contributed by atoms with E-state index in [0.29, 0.717) is 16.0 Å². The molecule has 1 heterocycles. The number of benzene rings is 2. The van der Waals surface area contributed by atoms with Gasteiger partial charge in [0.1, 0.15) is 5.75 Å². The summed E-state index contributed by atoms with van der Waals surface area (Å²) in [5.41, 5.74) is 1.37. The number of aromatic hydroxyl groups is 1. The fourth-order valence-corrected chi connectivity index (χ4v) is 2.93. The maximum atomic E-state index is 12.2. The van der Waals surface area contributed by atoms with Crippen LogP contribution in [0, 0.1) is 11.8 Å². The van der Waals surface area contributed by atoms with Gasteiger partial charge in [-0.25, -0.2) is 4.21 Å². The number of phenols is 1. The van der Waals surface area contributed by atoms with Crippen molar-refractivity contribution in [2.75, 3.05) is 0 Å². The van der Waals surface area contributed by atoms with Crippen molar-refractivity contribution < 1.29 is 14.1 Å². The standard InChI is InChI=1S/C20H14N2O3S/c23-18-6-4-5-15(12-18)9-10-16-11-17(14-21-13-16)20(24)22-26(25)19-7-2-1-3-8-19/h1-8,11-14,23,26H. The van der Waals surface area contributed by atoms with Crippen LogP contribution in [0.25, 0.3) is 0 Å². The largest absolute Gasteiger partial charge is 0.508 e. The van der Waals surface area contributed by atoms with Gasteiger partial charge < -0.3 is 5.11 Å². The van der Waals surface area contributed by atoms with Crippen LogP contribution in [0.3, 0.4) is 0 Å². The fourth-order valence-electron chi connectivity index (χ4n) is 2.11. The molecule has 1 amide bonds. The summed E-state index contributed by atoms with van der Waals surface area (Å²) in [6, 6.07) is 16.7. The molecule has 5 nitrogen and oxygen atoms in total. The molecule has 0 spiro atoms. The quantitative estimate of drug-likeness (QED) is 0.542. The first-order valence-electron chi connectivity index (χ1n) is 7.66. The van der Waals surface area contributed by atoms with Crippen molar-refractivity contribution in [2.24, 2.45) is 4.36 Å². The number of amides is 1. The minimum Gasteiger partial charge on any atom is -0.508 e. The lowest BCUT2D eigenvalue weighted by molar-refractivity contribution is 0.100. The molecule has 3 rings (SSSR count). The van der Waals surface area contributed by atoms with Crippen LogP contribution in [0.1, 0.15) is 21.5 Å². The molecule has 0 aliphatic rings. The first kappa shape index (κ1) is 17.4. The van der Waals surface area contributed by atoms with E-state index in [-0.39, 0.29) is 11.3 Å². The number of carbonyl (C=O) groups is 1. The average molecular weight is 362 g/mol. The maximum absolute atomic E-state index is 12.2. The Kier molecular flexibility index (Phi) is 5.42. The molecule has 0 aliphatic carbocycles. The van der Waals surface area contributed by atoms with Crippen molar-refractivity contribution in [3.05, 3.63) is 89.7 Å². The first-order valence-corrected chi connectivity index (χ1v) is 8.87. The second kappa shape index (κ2) is 8.10. The summed E-state index contributed by atoms with van der Waals surface area (Å²) in [4.78, 5) is 16.7. The van der Waals surface area contributed by atoms with Crippen molar-refractivity contribution in [1.82, 2.24) is 4.98 Å². The van der Waals surface area contributed by atoms with Crippen molar-refractivity contribution in [3.63, 3.8) is 0 Å². The molecule has 1 atom stereocenters. The molecule has 0 radical (unpaired) electrons. The molecule has 0 aliphatic heterocycles. The van der Waals surface area contributed by atoms with Gasteiger partial charge >= 0.3 is 0 Å². The second-order valence-electron chi connectivity index (χ2n) is 5.28. The van der Waals surface area contributed by atoms with E-state index in [0.717, 1.165) is 0 Å². The second-order valence-corrected chi connectivity index (χ2v) is 6.54. The average Bonchev–Trinajstić information content (AvgIpc) is 2.67. The number of carbonyl (C=O) groups excluding carboxylic acids is 1. The Balaban J connectivity index is 1.84. The molecule has 26 heavy (non-hydrogen) atoms. The molecule has 1 unspecified atom stereocenters. The predicted octanol–water partition coefficient (Wildman–Crippen LogP) is 3.05. The monoisotopic (exact) mass is 362 g/mol. The highest BCUT2D eigenvalue weighted by atomic mass is 32.2. The fraction of sp³-hybridized carbons (Fsp3) is 0. The van der Waals surface area contributed by atoms with Crippen molar-refractivity contribution >= 4 is 16.5 Å². The number of nitrogens with zero attached hydrogens (tertiary/aromatic N) is 2. The van der Waals surface area contributed by atoms with Crippen LogP contribution in [0.5, 0.6) is 5.75 Å². The third-order valence-electron chi connectivity index (χ3n) is 3.34. The van der Waals surface area contributed by atoms with E-state index in [1.807, 2.05) is 0 Å². The summed E-state index contributed by atoms with van der Waals surface area (Å²) in [5, 5.41) is 9.44. The number of hydrogen-bond acceptors (Lipinski definition) is 4. The number of thiol groups is 1. The van der Waals surface area contributed by atoms with Gasteiger partial charge in [-0.15, -0.1) is 0 Å². The highest BCUT2D eigenvalue weighted by molar-refractivity contribution is 7.75. The van der Waals surface area contributed by atoms with E-state index >= 15 is 0 Å². The number of aromatic nitrogens is 1. The summed E-state index contributed by atoms with van der Waals surface area (Å²) in [7, 11) is -2.16. The molecule has 128 valence electrons. The maximum Gasteiger partial charge on any atom is 0.286 e. The highest BCUT2D eigenvalue weighted by Crippen LogP contribution is 2.10. The zero-order valence-corrected chi connectivity index (χ0v) is 14.4. The number of phenolic OH excluding ortho intramolecular Hbond substituents is 1. The molecule has 3 aromatic rings. The van der Waals surface area contributed by atoms with Crippen LogP contribution in [-0.4, -0.2) is 20.2 Å². The SMILES string of the molecule is O=C(/N=[SH](=O)\c1ccccc1)c1cncc(C#Cc2cccc(O)c2)c1. The van der Waals surface area contributed by atoms with Gasteiger partial charge in [-0.1, -0.05) is 36.1 Å². The smallest absolute Gasteiger partial charge is 0.286 e. The van der Waals surface area contributed by atoms with Crippen LogP contribution in [0.15, 0.2) is 82.3 Å². The molecule has 6 heteroatoms. The summed E-state index contributed by atoms with van der Waals surface area (Å²) in [5.74, 6) is 5.28. The third-order valence-corrected chi connectivity index (χ3v) is 4.44. The van der Waals surface area contributed by atoms with Gasteiger partial charge in [-0.2, -0.15) is 4.36 Å². The molecule has 0 bridgehead atoms. The van der Waals surface area contributed by atoms with Crippen molar-refractivity contribution in [2.45, 2.75) is 4.90 Å². The number of rotatable bonds is 2. The third kappa shape index (κ3) is 4.56. The first-order chi connectivity index (χ1) is 12.6. The lowest BCUT2D eigenvalue weighted by atomic mass is 10.1. The Morgan fingerprint density at radius 2 is 1.73 bits per heavy atom. The Hall–Kier alpha value is -3.43. The van der Waals surface area contributed by atoms with E-state index in [2.05, 4.69) is 21.2 Å². The molecule has 2 aromatic carbocycles. The molecule has 0 fully saturated rings. The molecule has 1 aromatic heterocycles. The van der Waals surface area contributed by atoms with Crippen LogP contribution in [-0.2, 0) is 10.6 Å². The lowest BCUT2D eigenvalue weighted by Gasteiger charge is -1.97. The lowest BCUT2D eigenvalue weighted by Crippen LogP contribution is -1.97. The Morgan fingerprint density at radius 3 is 2.50 bits per heavy atom. The normalized spacial score (nSPS) is 11.4. The van der Waals surface area contributed by atoms with Gasteiger partial charge in [0.25, 0.3) is 5.91 Å². The van der Waals surface area contributed by atoms with Crippen LogP contribution >= 0.6 is 0 Å². The van der Waals surface area contributed by atoms with Gasteiger partial charge in [0, 0.05) is 28.4 Å². The van der Waals surface area contributed by atoms with Gasteiger partial charge in [0.05, 0.1) is 16.2 Å². The van der Waals surface area contributed by atoms with E-state index in [9.17, 15) is 14.1 Å². The Morgan fingerprint density at radius 1 is 0.962 bits per heavy atom. The topological polar surface area (TPSA) is 79.6 Å². The molecule has 0 saturated carbocycles. The molecule has 1 N–H and O–H groups in total. The molecule has 0 saturated heterocycles. The summed E-state index contributed by atoms with van der Waals surface area (Å²) in [6.45, 7) is 0. The van der Waals surface area contributed by atoms with Crippen LogP contribution in [0.2, 0.25) is 0 Å². The minimum absolute atomic E-state index is 0.127. The zero-order valence-electron chi connectivity index (χ0n) is 13.5. The van der Waals surface area contributed by atoms with Gasteiger partial charge in [-0.3, -0.25) is 9.78 Å². The van der Waals surface area contributed by atoms with Crippen molar-refractivity contribution in [1.29, 1.82) is 0 Å². The summed E-state index contributed by atoms with van der Waals surface area (Å²) >= 11 is 0. The van der Waals surface area contributed by atoms with Gasteiger partial charge in [-0.05, 0) is 36.4 Å². The van der Waals surface area contributed by atoms with E-state index < -0.39 is 16.5 Å². The summed E-state index contributed by atoms with van der Waals surface area (Å²) < 4.78 is 15.9. The number of pyridine rings is 1. The van der Waals surface area contributed by atoms with Gasteiger partial charge in [0.15, 0.2) is 0 Å². The molecular weight excluding hydrogens is 348 g/mol. The van der Waals surface area contributed by atoms with Crippen molar-refractivity contribution in [3.8, 4) is 17.6 Å². The van der Waals surface area contributed by atoms with E-state index in [1.165, 1.54) is 18.5 Å². The van der Waals surface area contributed by atoms with Crippen LogP contribution < -0.4 is 0 Å². The minimum atomic E-state index is -2.16. The van der Waals surface area contributed by atoms with Gasteiger partial charge in [0.2, 0.25) is 0 Å². The number of hydrogen-bond donors (Lipinski definition) is 2. The van der Waals surface area contributed by atoms with E-state index in [1.54, 1.807) is 54.6 Å². The van der Waals surface area contributed by atoms with Crippen LogP contribution in [0.4, 0.5) is 0 Å². The zero-order chi connectivity index (χ0) is 18.4. The summed E-state index contributed by atoms with van der Waals surface area (Å²) in [6.07, 6.45) is 2.88. The Labute approximate surface area is 152 Å². The van der Waals surface area contributed by atoms with E-state index in [4.69, 9.17) is 0 Å². The highest BCUT2D eigenvalue weighted by Gasteiger charge is 2.06. The Bertz CT molecular complexity index is 1090. The molecular formula is C20H14N2O3S. The predicted molar refractivity (Wildman–Crippen MR) is 99.3 cm³/mol.